The molecule has 1 aliphatic rings. The van der Waals surface area contributed by atoms with Crippen molar-refractivity contribution in [3.63, 3.8) is 0 Å². The molecule has 0 spiro atoms. The first-order valence-corrected chi connectivity index (χ1v) is 8.74. The van der Waals surface area contributed by atoms with Crippen molar-refractivity contribution >= 4 is 5.91 Å². The van der Waals surface area contributed by atoms with Crippen LogP contribution < -0.4 is 0 Å². The van der Waals surface area contributed by atoms with Crippen LogP contribution in [0, 0.1) is 0 Å². The standard InChI is InChI=1S/C18H20F3N3O3/c19-18(20,21)13-4-1-3-12(9-13)10-16-23-22-15(27-16)6-7-17(26)24-8-2-5-14(24)11-25/h1,3-4,9,14,25H,2,5-8,10-11H2/t14-/m0/s1. The Morgan fingerprint density at radius 2 is 2.07 bits per heavy atom. The van der Waals surface area contributed by atoms with Crippen LogP contribution in [0.3, 0.4) is 0 Å². The molecule has 1 fully saturated rings. The smallest absolute Gasteiger partial charge is 0.416 e. The number of rotatable bonds is 6. The largest absolute Gasteiger partial charge is 0.425 e. The zero-order valence-corrected chi connectivity index (χ0v) is 14.6. The maximum Gasteiger partial charge on any atom is 0.416 e. The van der Waals surface area contributed by atoms with Crippen molar-refractivity contribution in [1.29, 1.82) is 0 Å². The molecule has 6 nitrogen and oxygen atoms in total. The van der Waals surface area contributed by atoms with Crippen molar-refractivity contribution < 1.29 is 27.5 Å². The van der Waals surface area contributed by atoms with Gasteiger partial charge in [0.25, 0.3) is 0 Å². The number of amides is 1. The van der Waals surface area contributed by atoms with Crippen LogP contribution in [0.2, 0.25) is 0 Å². The Morgan fingerprint density at radius 3 is 2.81 bits per heavy atom. The first-order valence-electron chi connectivity index (χ1n) is 8.74. The molecule has 1 aromatic heterocycles. The number of aromatic nitrogens is 2. The molecule has 0 bridgehead atoms. The molecule has 27 heavy (non-hydrogen) atoms. The summed E-state index contributed by atoms with van der Waals surface area (Å²) < 4.78 is 43.8. The van der Waals surface area contributed by atoms with Crippen LogP contribution in [0.5, 0.6) is 0 Å². The molecule has 1 N–H and O–H groups in total. The van der Waals surface area contributed by atoms with E-state index < -0.39 is 11.7 Å². The topological polar surface area (TPSA) is 79.5 Å². The van der Waals surface area contributed by atoms with E-state index in [1.54, 1.807) is 11.0 Å². The first-order chi connectivity index (χ1) is 12.9. The molecule has 9 heteroatoms. The van der Waals surface area contributed by atoms with Gasteiger partial charge in [0, 0.05) is 19.4 Å². The van der Waals surface area contributed by atoms with Gasteiger partial charge in [-0.25, -0.2) is 0 Å². The van der Waals surface area contributed by atoms with E-state index in [4.69, 9.17) is 4.42 Å². The fourth-order valence-corrected chi connectivity index (χ4v) is 3.20. The minimum absolute atomic E-state index is 0.0482. The Balaban J connectivity index is 1.57. The number of aryl methyl sites for hydroxylation is 1. The van der Waals surface area contributed by atoms with Gasteiger partial charge >= 0.3 is 6.18 Å². The highest BCUT2D eigenvalue weighted by Crippen LogP contribution is 2.30. The first kappa shape index (κ1) is 19.3. The van der Waals surface area contributed by atoms with E-state index in [1.165, 1.54) is 6.07 Å². The molecule has 1 atom stereocenters. The maximum absolute atomic E-state index is 12.8. The van der Waals surface area contributed by atoms with Gasteiger partial charge in [0.2, 0.25) is 17.7 Å². The average Bonchev–Trinajstić information content (AvgIpc) is 3.28. The number of carbonyl (C=O) groups is 1. The third-order valence-electron chi connectivity index (χ3n) is 4.58. The summed E-state index contributed by atoms with van der Waals surface area (Å²) in [5, 5.41) is 17.0. The normalized spacial score (nSPS) is 17.5. The molecule has 2 heterocycles. The van der Waals surface area contributed by atoms with Crippen molar-refractivity contribution in [3.05, 3.63) is 47.2 Å². The van der Waals surface area contributed by atoms with Crippen molar-refractivity contribution in [1.82, 2.24) is 15.1 Å². The van der Waals surface area contributed by atoms with Crippen LogP contribution in [0.4, 0.5) is 13.2 Å². The lowest BCUT2D eigenvalue weighted by Crippen LogP contribution is -2.37. The summed E-state index contributed by atoms with van der Waals surface area (Å²) >= 11 is 0. The molecule has 0 saturated carbocycles. The Hall–Kier alpha value is -2.42. The van der Waals surface area contributed by atoms with Crippen LogP contribution in [0.1, 0.15) is 42.2 Å². The SMILES string of the molecule is O=C(CCc1nnc(Cc2cccc(C(F)(F)F)c2)o1)N1CCC[C@H]1CO. The molecule has 0 aliphatic carbocycles. The number of halogens is 3. The third-order valence-corrected chi connectivity index (χ3v) is 4.58. The summed E-state index contributed by atoms with van der Waals surface area (Å²) in [5.74, 6) is 0.389. The van der Waals surface area contributed by atoms with Gasteiger partial charge < -0.3 is 14.4 Å². The minimum atomic E-state index is -4.40. The average molecular weight is 383 g/mol. The molecule has 3 rings (SSSR count). The second-order valence-corrected chi connectivity index (χ2v) is 6.53. The fraction of sp³-hybridized carbons (Fsp3) is 0.500. The molecule has 1 aromatic carbocycles. The number of nitrogens with zero attached hydrogens (tertiary/aromatic N) is 3. The summed E-state index contributed by atoms with van der Waals surface area (Å²) in [6.07, 6.45) is -2.21. The number of hydrogen-bond donors (Lipinski definition) is 1. The summed E-state index contributed by atoms with van der Waals surface area (Å²) in [6.45, 7) is 0.585. The molecule has 1 amide bonds. The third kappa shape index (κ3) is 4.85. The maximum atomic E-state index is 12.8. The molecule has 1 saturated heterocycles. The van der Waals surface area contributed by atoms with E-state index in [9.17, 15) is 23.1 Å². The molecule has 0 radical (unpaired) electrons. The Morgan fingerprint density at radius 1 is 1.30 bits per heavy atom. The fourth-order valence-electron chi connectivity index (χ4n) is 3.20. The number of benzene rings is 1. The van der Waals surface area contributed by atoms with E-state index in [0.717, 1.165) is 25.0 Å². The highest BCUT2D eigenvalue weighted by Gasteiger charge is 2.30. The molecular weight excluding hydrogens is 363 g/mol. The summed E-state index contributed by atoms with van der Waals surface area (Å²) in [6, 6.07) is 4.83. The van der Waals surface area contributed by atoms with Gasteiger partial charge in [-0.3, -0.25) is 4.79 Å². The van der Waals surface area contributed by atoms with E-state index in [2.05, 4.69) is 10.2 Å². The zero-order chi connectivity index (χ0) is 19.4. The monoisotopic (exact) mass is 383 g/mol. The van der Waals surface area contributed by atoms with Gasteiger partial charge in [-0.15, -0.1) is 10.2 Å². The number of aliphatic hydroxyl groups is 1. The van der Waals surface area contributed by atoms with Crippen LogP contribution >= 0.6 is 0 Å². The second kappa shape index (κ2) is 8.08. The second-order valence-electron chi connectivity index (χ2n) is 6.53. The Labute approximate surface area is 154 Å². The lowest BCUT2D eigenvalue weighted by Gasteiger charge is -2.22. The lowest BCUT2D eigenvalue weighted by atomic mass is 10.1. The zero-order valence-electron chi connectivity index (χ0n) is 14.6. The summed E-state index contributed by atoms with van der Waals surface area (Å²) in [7, 11) is 0. The highest BCUT2D eigenvalue weighted by atomic mass is 19.4. The number of carbonyl (C=O) groups excluding carboxylic acids is 1. The lowest BCUT2D eigenvalue weighted by molar-refractivity contribution is -0.137. The molecule has 1 aliphatic heterocycles. The Kier molecular flexibility index (Phi) is 5.79. The Bertz CT molecular complexity index is 791. The predicted molar refractivity (Wildman–Crippen MR) is 88.7 cm³/mol. The number of hydrogen-bond acceptors (Lipinski definition) is 5. The van der Waals surface area contributed by atoms with E-state index in [0.29, 0.717) is 12.1 Å². The van der Waals surface area contributed by atoms with Crippen LogP contribution in [-0.4, -0.2) is 45.3 Å². The van der Waals surface area contributed by atoms with Crippen LogP contribution in [0.25, 0.3) is 0 Å². The molecule has 146 valence electrons. The quantitative estimate of drug-likeness (QED) is 0.830. The van der Waals surface area contributed by atoms with Gasteiger partial charge in [0.15, 0.2) is 0 Å². The van der Waals surface area contributed by atoms with Crippen molar-refractivity contribution in [2.24, 2.45) is 0 Å². The van der Waals surface area contributed by atoms with Gasteiger partial charge in [0.05, 0.1) is 24.6 Å². The summed E-state index contributed by atoms with van der Waals surface area (Å²) in [4.78, 5) is 13.9. The molecule has 0 unspecified atom stereocenters. The summed E-state index contributed by atoms with van der Waals surface area (Å²) in [5.41, 5.74) is -0.312. The van der Waals surface area contributed by atoms with Gasteiger partial charge in [0.1, 0.15) is 0 Å². The van der Waals surface area contributed by atoms with Crippen molar-refractivity contribution in [2.45, 2.75) is 44.3 Å². The number of likely N-dealkylation sites (tertiary alicyclic amines) is 1. The van der Waals surface area contributed by atoms with Gasteiger partial charge in [-0.05, 0) is 24.5 Å². The molecule has 2 aromatic rings. The number of aliphatic hydroxyl groups excluding tert-OH is 1. The van der Waals surface area contributed by atoms with Gasteiger partial charge in [-0.2, -0.15) is 13.2 Å². The van der Waals surface area contributed by atoms with E-state index in [-0.39, 0.29) is 49.6 Å². The highest BCUT2D eigenvalue weighted by molar-refractivity contribution is 5.77. The van der Waals surface area contributed by atoms with Crippen LogP contribution in [-0.2, 0) is 23.8 Å². The van der Waals surface area contributed by atoms with Crippen molar-refractivity contribution in [3.8, 4) is 0 Å². The van der Waals surface area contributed by atoms with E-state index >= 15 is 0 Å². The molecular formula is C18H20F3N3O3. The van der Waals surface area contributed by atoms with Crippen molar-refractivity contribution in [2.75, 3.05) is 13.2 Å². The van der Waals surface area contributed by atoms with E-state index in [1.807, 2.05) is 0 Å². The van der Waals surface area contributed by atoms with Crippen LogP contribution in [0.15, 0.2) is 28.7 Å². The predicted octanol–water partition coefficient (Wildman–Crippen LogP) is 2.60. The number of alkyl halides is 3. The minimum Gasteiger partial charge on any atom is -0.425 e. The van der Waals surface area contributed by atoms with Gasteiger partial charge in [-0.1, -0.05) is 18.2 Å².